The molecule has 28 heavy (non-hydrogen) atoms. The van der Waals surface area contributed by atoms with Crippen molar-refractivity contribution < 1.29 is 13.9 Å². The Bertz CT molecular complexity index is 1090. The molecule has 0 bridgehead atoms. The molecule has 1 heterocycles. The number of hydrogen-bond acceptors (Lipinski definition) is 5. The summed E-state index contributed by atoms with van der Waals surface area (Å²) in [6, 6.07) is 5.57. The highest BCUT2D eigenvalue weighted by Gasteiger charge is 2.15. The van der Waals surface area contributed by atoms with Crippen molar-refractivity contribution in [2.45, 2.75) is 19.5 Å². The van der Waals surface area contributed by atoms with Crippen LogP contribution in [0.15, 0.2) is 29.1 Å². The van der Waals surface area contributed by atoms with Crippen molar-refractivity contribution in [3.63, 3.8) is 0 Å². The minimum absolute atomic E-state index is 0.0362. The molecule has 2 aromatic carbocycles. The molecule has 0 spiro atoms. The summed E-state index contributed by atoms with van der Waals surface area (Å²) in [6.45, 7) is 2.06. The molecular weight excluding hydrogens is 408 g/mol. The van der Waals surface area contributed by atoms with Gasteiger partial charge in [0.05, 0.1) is 36.7 Å². The average Bonchev–Trinajstić information content (AvgIpc) is 2.67. The number of methoxy groups -OCH3 is 2. The lowest BCUT2D eigenvalue weighted by Gasteiger charge is -2.16. The summed E-state index contributed by atoms with van der Waals surface area (Å²) in [5.74, 6) is 0.792. The van der Waals surface area contributed by atoms with Gasteiger partial charge in [0.15, 0.2) is 11.5 Å². The van der Waals surface area contributed by atoms with Gasteiger partial charge >= 0.3 is 0 Å². The lowest BCUT2D eigenvalue weighted by molar-refractivity contribution is 0.355. The summed E-state index contributed by atoms with van der Waals surface area (Å²) in [6.07, 6.45) is 0. The number of rotatable bonds is 6. The van der Waals surface area contributed by atoms with E-state index in [1.807, 2.05) is 6.92 Å². The van der Waals surface area contributed by atoms with Crippen molar-refractivity contribution in [3.05, 3.63) is 61.9 Å². The first kappa shape index (κ1) is 20.4. The van der Waals surface area contributed by atoms with Crippen LogP contribution in [0.1, 0.15) is 24.4 Å². The van der Waals surface area contributed by atoms with Gasteiger partial charge in [-0.25, -0.2) is 9.37 Å². The molecule has 0 saturated carbocycles. The number of nitrogens with one attached hydrogen (secondary N) is 2. The number of aromatic amines is 1. The van der Waals surface area contributed by atoms with Gasteiger partial charge in [0, 0.05) is 17.1 Å². The monoisotopic (exact) mass is 425 g/mol. The van der Waals surface area contributed by atoms with E-state index in [9.17, 15) is 9.18 Å². The zero-order valence-electron chi connectivity index (χ0n) is 15.4. The largest absolute Gasteiger partial charge is 0.493 e. The lowest BCUT2D eigenvalue weighted by Crippen LogP contribution is -2.22. The second kappa shape index (κ2) is 8.34. The Kier molecular flexibility index (Phi) is 6.07. The van der Waals surface area contributed by atoms with Crippen molar-refractivity contribution >= 4 is 34.1 Å². The molecule has 1 aromatic heterocycles. The van der Waals surface area contributed by atoms with Gasteiger partial charge in [0.2, 0.25) is 0 Å². The van der Waals surface area contributed by atoms with Crippen LogP contribution in [-0.4, -0.2) is 24.2 Å². The molecular formula is C19H18Cl2FN3O3. The van der Waals surface area contributed by atoms with Gasteiger partial charge < -0.3 is 19.8 Å². The highest BCUT2D eigenvalue weighted by Crippen LogP contribution is 2.30. The van der Waals surface area contributed by atoms with Gasteiger partial charge in [-0.2, -0.15) is 0 Å². The number of halogens is 3. The van der Waals surface area contributed by atoms with E-state index in [0.29, 0.717) is 38.8 Å². The van der Waals surface area contributed by atoms with Crippen LogP contribution >= 0.6 is 23.2 Å². The maximum atomic E-state index is 13.7. The van der Waals surface area contributed by atoms with Crippen LogP contribution in [0.3, 0.4) is 0 Å². The van der Waals surface area contributed by atoms with E-state index in [1.165, 1.54) is 26.4 Å². The average molecular weight is 426 g/mol. The second-order valence-corrected chi connectivity index (χ2v) is 6.94. The van der Waals surface area contributed by atoms with E-state index in [4.69, 9.17) is 32.7 Å². The smallest absolute Gasteiger partial charge is 0.258 e. The summed E-state index contributed by atoms with van der Waals surface area (Å²) < 4.78 is 24.2. The van der Waals surface area contributed by atoms with E-state index in [0.717, 1.165) is 0 Å². The first-order chi connectivity index (χ1) is 13.3. The van der Waals surface area contributed by atoms with Crippen LogP contribution in [0.4, 0.5) is 4.39 Å². The topological polar surface area (TPSA) is 76.2 Å². The van der Waals surface area contributed by atoms with E-state index < -0.39 is 5.82 Å². The van der Waals surface area contributed by atoms with Gasteiger partial charge in [-0.05, 0) is 30.7 Å². The number of hydrogen-bond donors (Lipinski definition) is 2. The van der Waals surface area contributed by atoms with Crippen molar-refractivity contribution in [2.75, 3.05) is 14.2 Å². The molecule has 0 radical (unpaired) electrons. The molecule has 3 aromatic rings. The first-order valence-corrected chi connectivity index (χ1v) is 9.12. The fourth-order valence-corrected chi connectivity index (χ4v) is 3.37. The van der Waals surface area contributed by atoms with Crippen molar-refractivity contribution in [1.29, 1.82) is 0 Å². The predicted octanol–water partition coefficient (Wildman–Crippen LogP) is 4.24. The summed E-state index contributed by atoms with van der Waals surface area (Å²) >= 11 is 11.9. The zero-order valence-corrected chi connectivity index (χ0v) is 16.9. The number of benzene rings is 2. The molecule has 1 atom stereocenters. The Hall–Kier alpha value is -2.35. The summed E-state index contributed by atoms with van der Waals surface area (Å²) in [4.78, 5) is 19.6. The number of ether oxygens (including phenoxy) is 2. The van der Waals surface area contributed by atoms with Gasteiger partial charge in [-0.3, -0.25) is 4.79 Å². The fourth-order valence-electron chi connectivity index (χ4n) is 2.83. The van der Waals surface area contributed by atoms with Gasteiger partial charge in [-0.15, -0.1) is 0 Å². The first-order valence-electron chi connectivity index (χ1n) is 8.36. The van der Waals surface area contributed by atoms with E-state index in [2.05, 4.69) is 15.3 Å². The van der Waals surface area contributed by atoms with Crippen LogP contribution in [0, 0.1) is 5.82 Å². The molecule has 0 amide bonds. The summed E-state index contributed by atoms with van der Waals surface area (Å²) in [5.41, 5.74) is 0.727. The number of H-pyrrole nitrogens is 1. The van der Waals surface area contributed by atoms with Crippen LogP contribution < -0.4 is 20.3 Å². The minimum Gasteiger partial charge on any atom is -0.493 e. The summed E-state index contributed by atoms with van der Waals surface area (Å²) in [7, 11) is 3.01. The highest BCUT2D eigenvalue weighted by atomic mass is 35.5. The molecule has 0 aliphatic carbocycles. The third-order valence-corrected chi connectivity index (χ3v) is 4.96. The number of nitrogens with zero attached hydrogens (tertiary/aromatic N) is 1. The predicted molar refractivity (Wildman–Crippen MR) is 107 cm³/mol. The molecule has 3 rings (SSSR count). The van der Waals surface area contributed by atoms with Gasteiger partial charge in [-0.1, -0.05) is 23.2 Å². The molecule has 2 N–H and O–H groups in total. The van der Waals surface area contributed by atoms with E-state index in [1.54, 1.807) is 12.1 Å². The lowest BCUT2D eigenvalue weighted by atomic mass is 10.1. The van der Waals surface area contributed by atoms with E-state index in [-0.39, 0.29) is 23.2 Å². The Morgan fingerprint density at radius 1 is 1.14 bits per heavy atom. The standard InChI is InChI=1S/C19H18Cl2FN3O3/c1-9(10-4-14(22)13(21)6-12(10)20)23-8-18-24-15-7-17(28-3)16(27-2)5-11(15)19(26)25-18/h4-7,9,23H,8H2,1-3H3,(H,24,25,26)/t9-/m0/s1. The normalized spacial score (nSPS) is 12.2. The number of fused-ring (bicyclic) bond motifs is 1. The molecule has 0 fully saturated rings. The maximum Gasteiger partial charge on any atom is 0.258 e. The van der Waals surface area contributed by atoms with Crippen molar-refractivity contribution in [1.82, 2.24) is 15.3 Å². The minimum atomic E-state index is -0.548. The molecule has 148 valence electrons. The number of aromatic nitrogens is 2. The fraction of sp³-hybridized carbons (Fsp3) is 0.263. The van der Waals surface area contributed by atoms with Crippen molar-refractivity contribution in [3.8, 4) is 11.5 Å². The summed E-state index contributed by atoms with van der Waals surface area (Å²) in [5, 5.41) is 3.86. The van der Waals surface area contributed by atoms with Crippen LogP contribution in [0.25, 0.3) is 10.9 Å². The molecule has 0 aliphatic heterocycles. The molecule has 6 nitrogen and oxygen atoms in total. The van der Waals surface area contributed by atoms with E-state index >= 15 is 0 Å². The Labute approximate surface area is 170 Å². The maximum absolute atomic E-state index is 13.7. The SMILES string of the molecule is COc1cc2nc(CN[C@@H](C)c3cc(F)c(Cl)cc3Cl)[nH]c(=O)c2cc1OC. The Morgan fingerprint density at radius 3 is 2.50 bits per heavy atom. The molecule has 0 unspecified atom stereocenters. The molecule has 0 aliphatic rings. The van der Waals surface area contributed by atoms with Crippen LogP contribution in [0.5, 0.6) is 11.5 Å². The Balaban J connectivity index is 1.86. The zero-order chi connectivity index (χ0) is 20.4. The quantitative estimate of drug-likeness (QED) is 0.577. The highest BCUT2D eigenvalue weighted by molar-refractivity contribution is 6.35. The third-order valence-electron chi connectivity index (χ3n) is 4.34. The van der Waals surface area contributed by atoms with Crippen LogP contribution in [-0.2, 0) is 6.54 Å². The molecule has 0 saturated heterocycles. The second-order valence-electron chi connectivity index (χ2n) is 6.13. The van der Waals surface area contributed by atoms with Gasteiger partial charge in [0.1, 0.15) is 11.6 Å². The third kappa shape index (κ3) is 4.06. The molecule has 9 heteroatoms. The Morgan fingerprint density at radius 2 is 1.82 bits per heavy atom. The van der Waals surface area contributed by atoms with Crippen LogP contribution in [0.2, 0.25) is 10.0 Å². The van der Waals surface area contributed by atoms with Gasteiger partial charge in [0.25, 0.3) is 5.56 Å². The van der Waals surface area contributed by atoms with Crippen molar-refractivity contribution in [2.24, 2.45) is 0 Å².